The van der Waals surface area contributed by atoms with E-state index in [1.807, 2.05) is 5.48 Å². The van der Waals surface area contributed by atoms with Crippen molar-refractivity contribution in [3.8, 4) is 0 Å². The topological polar surface area (TPSA) is 102 Å². The molecule has 9 heteroatoms. The summed E-state index contributed by atoms with van der Waals surface area (Å²) in [6, 6.07) is 6.98. The number of carbonyl (C=O) groups excluding carboxylic acids is 4. The van der Waals surface area contributed by atoms with Crippen molar-refractivity contribution in [2.75, 3.05) is 20.2 Å². The second-order valence-electron chi connectivity index (χ2n) is 6.72. The zero-order valence-electron chi connectivity index (χ0n) is 15.8. The van der Waals surface area contributed by atoms with Crippen LogP contribution in [0.4, 0.5) is 4.79 Å². The molecule has 8 nitrogen and oxygen atoms in total. The van der Waals surface area contributed by atoms with Crippen LogP contribution >= 0.6 is 11.6 Å². The van der Waals surface area contributed by atoms with Crippen LogP contribution in [-0.4, -0.2) is 48.9 Å². The van der Waals surface area contributed by atoms with Crippen LogP contribution < -0.4 is 5.48 Å². The zero-order valence-corrected chi connectivity index (χ0v) is 16.6. The third-order valence-electron chi connectivity index (χ3n) is 4.78. The number of ketones is 1. The minimum atomic E-state index is -1.02. The van der Waals surface area contributed by atoms with Crippen LogP contribution in [0.1, 0.15) is 38.2 Å². The van der Waals surface area contributed by atoms with Gasteiger partial charge in [-0.3, -0.25) is 9.59 Å². The van der Waals surface area contributed by atoms with Gasteiger partial charge in [0.25, 0.3) is 0 Å². The molecule has 1 fully saturated rings. The van der Waals surface area contributed by atoms with Crippen LogP contribution in [0.3, 0.4) is 0 Å². The fourth-order valence-electron chi connectivity index (χ4n) is 3.11. The minimum Gasteiger partial charge on any atom is -0.446 e. The van der Waals surface area contributed by atoms with Crippen molar-refractivity contribution < 1.29 is 28.8 Å². The lowest BCUT2D eigenvalue weighted by Crippen LogP contribution is -2.45. The molecule has 0 aliphatic heterocycles. The number of hydrogen-bond acceptors (Lipinski definition) is 6. The average molecular weight is 411 g/mol. The maximum Gasteiger partial charge on any atom is 0.440 e. The Hall–Kier alpha value is -2.61. The highest BCUT2D eigenvalue weighted by molar-refractivity contribution is 6.31. The van der Waals surface area contributed by atoms with Gasteiger partial charge in [0.15, 0.2) is 0 Å². The van der Waals surface area contributed by atoms with Crippen LogP contribution in [0.15, 0.2) is 24.3 Å². The number of carbonyl (C=O) groups is 4. The lowest BCUT2D eigenvalue weighted by molar-refractivity contribution is -0.153. The van der Waals surface area contributed by atoms with Gasteiger partial charge < -0.3 is 14.5 Å². The zero-order chi connectivity index (χ0) is 20.7. The lowest BCUT2D eigenvalue weighted by Gasteiger charge is -2.36. The molecule has 0 radical (unpaired) electrons. The van der Waals surface area contributed by atoms with Crippen LogP contribution in [0.5, 0.6) is 0 Å². The van der Waals surface area contributed by atoms with Gasteiger partial charge in [-0.1, -0.05) is 36.2 Å². The van der Waals surface area contributed by atoms with Crippen molar-refractivity contribution in [1.29, 1.82) is 0 Å². The van der Waals surface area contributed by atoms with E-state index >= 15 is 0 Å². The van der Waals surface area contributed by atoms with Gasteiger partial charge in [0.05, 0.1) is 5.41 Å². The highest BCUT2D eigenvalue weighted by Gasteiger charge is 2.44. The molecule has 28 heavy (non-hydrogen) atoms. The smallest absolute Gasteiger partial charge is 0.440 e. The van der Waals surface area contributed by atoms with Crippen molar-refractivity contribution in [2.24, 2.45) is 0 Å². The monoisotopic (exact) mass is 410 g/mol. The summed E-state index contributed by atoms with van der Waals surface area (Å²) >= 11 is 6.29. The number of nitrogens with zero attached hydrogens (tertiary/aromatic N) is 1. The summed E-state index contributed by atoms with van der Waals surface area (Å²) in [5.41, 5.74) is 1.47. The molecule has 1 atom stereocenters. The Morgan fingerprint density at radius 1 is 1.25 bits per heavy atom. The quantitative estimate of drug-likeness (QED) is 0.748. The van der Waals surface area contributed by atoms with Gasteiger partial charge in [0.2, 0.25) is 5.91 Å². The molecule has 1 saturated carbocycles. The maximum absolute atomic E-state index is 12.7. The summed E-state index contributed by atoms with van der Waals surface area (Å²) in [6.45, 7) is 0.758. The normalized spacial score (nSPS) is 18.9. The second kappa shape index (κ2) is 9.54. The highest BCUT2D eigenvalue weighted by atomic mass is 35.5. The number of amides is 2. The Morgan fingerprint density at radius 3 is 2.61 bits per heavy atom. The molecule has 0 saturated heterocycles. The summed E-state index contributed by atoms with van der Waals surface area (Å²) in [7, 11) is 1.42. The fourth-order valence-corrected chi connectivity index (χ4v) is 3.43. The van der Waals surface area contributed by atoms with Crippen LogP contribution in [0.25, 0.3) is 0 Å². The SMILES string of the molecule is CC(=O)N(C)CC(=O)ONC(=O)OCC1(c2ccccc2Cl)CCCCC1=O. The molecule has 1 unspecified atom stereocenters. The molecule has 1 aromatic carbocycles. The van der Waals surface area contributed by atoms with Crippen LogP contribution in [0, 0.1) is 0 Å². The van der Waals surface area contributed by atoms with E-state index in [9.17, 15) is 19.2 Å². The van der Waals surface area contributed by atoms with Crippen LogP contribution in [0.2, 0.25) is 5.02 Å². The predicted octanol–water partition coefficient (Wildman–Crippen LogP) is 2.38. The van der Waals surface area contributed by atoms with E-state index in [4.69, 9.17) is 16.3 Å². The van der Waals surface area contributed by atoms with Crippen molar-refractivity contribution in [1.82, 2.24) is 10.4 Å². The van der Waals surface area contributed by atoms with Crippen molar-refractivity contribution in [3.63, 3.8) is 0 Å². The number of halogens is 1. The summed E-state index contributed by atoms with van der Waals surface area (Å²) < 4.78 is 5.18. The number of Topliss-reactive ketones (excluding diaryl/α,β-unsaturated/α-hetero) is 1. The number of hydroxylamine groups is 1. The first-order chi connectivity index (χ1) is 13.3. The fraction of sp³-hybridized carbons (Fsp3) is 0.474. The number of benzene rings is 1. The maximum atomic E-state index is 12.7. The number of likely N-dealkylation sites (N-methyl/N-ethyl adjacent to an activating group) is 1. The minimum absolute atomic E-state index is 0.0419. The van der Waals surface area contributed by atoms with Gasteiger partial charge in [-0.2, -0.15) is 0 Å². The summed E-state index contributed by atoms with van der Waals surface area (Å²) in [5.74, 6) is -1.19. The second-order valence-corrected chi connectivity index (χ2v) is 7.13. The third kappa shape index (κ3) is 5.22. The molecular weight excluding hydrogens is 388 g/mol. The van der Waals surface area contributed by atoms with Gasteiger partial charge in [-0.05, 0) is 24.5 Å². The molecule has 0 spiro atoms. The number of ether oxygens (including phenoxy) is 1. The van der Waals surface area contributed by atoms with Gasteiger partial charge in [-0.25, -0.2) is 9.59 Å². The van der Waals surface area contributed by atoms with Crippen molar-refractivity contribution in [2.45, 2.75) is 38.0 Å². The lowest BCUT2D eigenvalue weighted by atomic mass is 9.69. The third-order valence-corrected chi connectivity index (χ3v) is 5.11. The first-order valence-corrected chi connectivity index (χ1v) is 9.26. The number of hydrogen-bond donors (Lipinski definition) is 1. The molecule has 2 rings (SSSR count). The average Bonchev–Trinajstić information content (AvgIpc) is 2.66. The first-order valence-electron chi connectivity index (χ1n) is 8.89. The van der Waals surface area contributed by atoms with E-state index in [0.29, 0.717) is 23.4 Å². The first kappa shape index (κ1) is 21.7. The Bertz CT molecular complexity index is 769. The Labute approximate surface area is 168 Å². The highest BCUT2D eigenvalue weighted by Crippen LogP contribution is 2.40. The molecule has 0 aromatic heterocycles. The molecule has 1 N–H and O–H groups in total. The van der Waals surface area contributed by atoms with Gasteiger partial charge in [0, 0.05) is 25.4 Å². The molecule has 2 amide bonds. The summed E-state index contributed by atoms with van der Waals surface area (Å²) in [6.07, 6.45) is 1.45. The standard InChI is InChI=1S/C19H23ClN2O6/c1-13(23)22(2)11-17(25)28-21-18(26)27-12-19(10-6-5-9-16(19)24)14-7-3-4-8-15(14)20/h3-4,7-8H,5-6,9-12H2,1-2H3,(H,21,26). The van der Waals surface area contributed by atoms with Gasteiger partial charge >= 0.3 is 12.1 Å². The van der Waals surface area contributed by atoms with E-state index in [2.05, 4.69) is 4.84 Å². The van der Waals surface area contributed by atoms with E-state index in [1.54, 1.807) is 24.3 Å². The number of rotatable bonds is 5. The van der Waals surface area contributed by atoms with E-state index in [-0.39, 0.29) is 24.8 Å². The van der Waals surface area contributed by atoms with E-state index in [0.717, 1.165) is 17.7 Å². The van der Waals surface area contributed by atoms with Crippen molar-refractivity contribution >= 4 is 35.4 Å². The molecule has 0 heterocycles. The molecular formula is C19H23ClN2O6. The van der Waals surface area contributed by atoms with E-state index < -0.39 is 17.5 Å². The van der Waals surface area contributed by atoms with Crippen molar-refractivity contribution in [3.05, 3.63) is 34.9 Å². The molecule has 1 aliphatic carbocycles. The predicted molar refractivity (Wildman–Crippen MR) is 100 cm³/mol. The Morgan fingerprint density at radius 2 is 1.96 bits per heavy atom. The number of nitrogens with one attached hydrogen (secondary N) is 1. The molecule has 1 aliphatic rings. The van der Waals surface area contributed by atoms with E-state index in [1.165, 1.54) is 14.0 Å². The Kier molecular flexibility index (Phi) is 7.39. The van der Waals surface area contributed by atoms with Gasteiger partial charge in [0.1, 0.15) is 18.9 Å². The summed E-state index contributed by atoms with van der Waals surface area (Å²) in [5, 5.41) is 0.431. The molecule has 152 valence electrons. The largest absolute Gasteiger partial charge is 0.446 e. The summed E-state index contributed by atoms with van der Waals surface area (Å²) in [4.78, 5) is 53.1. The molecule has 1 aromatic rings. The van der Waals surface area contributed by atoms with Crippen LogP contribution in [-0.2, 0) is 29.4 Å². The molecule has 0 bridgehead atoms. The van der Waals surface area contributed by atoms with Gasteiger partial charge in [-0.15, -0.1) is 5.48 Å². The Balaban J connectivity index is 1.99.